The number of ether oxygens (including phenoxy) is 1. The summed E-state index contributed by atoms with van der Waals surface area (Å²) in [6, 6.07) is 7.94. The number of carbonyl (C=O) groups is 1. The van der Waals surface area contributed by atoms with Gasteiger partial charge in [-0.3, -0.25) is 4.79 Å². The Balaban J connectivity index is 0.00000161. The van der Waals surface area contributed by atoms with Crippen LogP contribution in [0.2, 0.25) is 0 Å². The van der Waals surface area contributed by atoms with Crippen molar-refractivity contribution in [2.24, 2.45) is 11.7 Å². The van der Waals surface area contributed by atoms with Crippen LogP contribution < -0.4 is 10.5 Å². The molecule has 2 atom stereocenters. The Morgan fingerprint density at radius 2 is 1.95 bits per heavy atom. The maximum atomic E-state index is 12.3. The molecule has 2 N–H and O–H groups in total. The second kappa shape index (κ2) is 6.67. The molecule has 4 nitrogen and oxygen atoms in total. The first kappa shape index (κ1) is 16.1. The van der Waals surface area contributed by atoms with Crippen molar-refractivity contribution in [1.82, 2.24) is 4.90 Å². The van der Waals surface area contributed by atoms with Crippen molar-refractivity contribution in [3.05, 3.63) is 29.8 Å². The molecule has 0 radical (unpaired) electrons. The molecular weight excluding hydrogens is 288 g/mol. The molecule has 1 saturated heterocycles. The van der Waals surface area contributed by atoms with Gasteiger partial charge in [-0.05, 0) is 36.5 Å². The van der Waals surface area contributed by atoms with E-state index < -0.39 is 0 Å². The Kier molecular flexibility index (Phi) is 5.12. The Bertz CT molecular complexity index is 488. The zero-order valence-corrected chi connectivity index (χ0v) is 13.1. The fourth-order valence-electron chi connectivity index (χ4n) is 2.96. The summed E-state index contributed by atoms with van der Waals surface area (Å²) in [5, 5.41) is 0. The lowest BCUT2D eigenvalue weighted by atomic mass is 9.85. The average Bonchev–Trinajstić information content (AvgIpc) is 3.27. The van der Waals surface area contributed by atoms with E-state index >= 15 is 0 Å². The lowest BCUT2D eigenvalue weighted by Gasteiger charge is -2.36. The predicted molar refractivity (Wildman–Crippen MR) is 84.9 cm³/mol. The van der Waals surface area contributed by atoms with Gasteiger partial charge in [0.15, 0.2) is 0 Å². The summed E-state index contributed by atoms with van der Waals surface area (Å²) in [5.74, 6) is 1.94. The number of likely N-dealkylation sites (tertiary alicyclic amines) is 1. The van der Waals surface area contributed by atoms with Crippen LogP contribution in [0.1, 0.15) is 30.7 Å². The van der Waals surface area contributed by atoms with Gasteiger partial charge >= 0.3 is 0 Å². The first-order valence-electron chi connectivity index (χ1n) is 7.34. The molecule has 1 aromatic carbocycles. The van der Waals surface area contributed by atoms with E-state index in [2.05, 4.69) is 0 Å². The highest BCUT2D eigenvalue weighted by molar-refractivity contribution is 5.85. The fourth-order valence-corrected chi connectivity index (χ4v) is 2.96. The van der Waals surface area contributed by atoms with Crippen LogP contribution in [0, 0.1) is 5.92 Å². The topological polar surface area (TPSA) is 55.6 Å². The smallest absolute Gasteiger partial charge is 0.223 e. The molecule has 1 aliphatic carbocycles. The molecule has 2 aliphatic rings. The van der Waals surface area contributed by atoms with Crippen molar-refractivity contribution in [2.75, 3.05) is 20.2 Å². The van der Waals surface area contributed by atoms with Crippen LogP contribution in [0.4, 0.5) is 0 Å². The van der Waals surface area contributed by atoms with Crippen LogP contribution in [0.5, 0.6) is 5.75 Å². The van der Waals surface area contributed by atoms with Crippen molar-refractivity contribution in [3.63, 3.8) is 0 Å². The van der Waals surface area contributed by atoms with E-state index in [0.29, 0.717) is 13.0 Å². The first-order chi connectivity index (χ1) is 9.67. The molecule has 3 rings (SSSR count). The minimum atomic E-state index is 0. The largest absolute Gasteiger partial charge is 0.497 e. The molecule has 1 amide bonds. The quantitative estimate of drug-likeness (QED) is 0.927. The second-order valence-electron chi connectivity index (χ2n) is 5.99. The number of benzene rings is 1. The number of nitrogens with zero attached hydrogens (tertiary/aromatic N) is 1. The van der Waals surface area contributed by atoms with Gasteiger partial charge in [-0.15, -0.1) is 12.4 Å². The Morgan fingerprint density at radius 1 is 1.29 bits per heavy atom. The van der Waals surface area contributed by atoms with E-state index in [-0.39, 0.29) is 30.3 Å². The molecule has 1 aromatic rings. The Labute approximate surface area is 132 Å². The van der Waals surface area contributed by atoms with Gasteiger partial charge in [0, 0.05) is 31.5 Å². The van der Waals surface area contributed by atoms with Crippen molar-refractivity contribution in [3.8, 4) is 5.75 Å². The monoisotopic (exact) mass is 310 g/mol. The van der Waals surface area contributed by atoms with Gasteiger partial charge in [0.05, 0.1) is 7.11 Å². The molecule has 0 spiro atoms. The molecule has 1 aliphatic heterocycles. The van der Waals surface area contributed by atoms with Crippen molar-refractivity contribution in [2.45, 2.75) is 31.2 Å². The van der Waals surface area contributed by atoms with Crippen LogP contribution in [0.25, 0.3) is 0 Å². The number of carbonyl (C=O) groups excluding carboxylic acids is 1. The van der Waals surface area contributed by atoms with E-state index in [9.17, 15) is 4.79 Å². The standard InChI is InChI=1S/C16H22N2O2.ClH/c1-20-13-6-4-12(5-7-13)14-8-16(19)18(10-15(14)17)9-11-2-3-11;/h4-7,11,14-15H,2-3,8-10,17H2,1H3;1H/t14-,15+;/m0./s1. The number of nitrogens with two attached hydrogens (primary N) is 1. The molecule has 0 aromatic heterocycles. The van der Waals surface area contributed by atoms with E-state index in [4.69, 9.17) is 10.5 Å². The van der Waals surface area contributed by atoms with Gasteiger partial charge in [0.25, 0.3) is 0 Å². The lowest BCUT2D eigenvalue weighted by molar-refractivity contribution is -0.134. The molecule has 5 heteroatoms. The van der Waals surface area contributed by atoms with Crippen LogP contribution >= 0.6 is 12.4 Å². The average molecular weight is 311 g/mol. The van der Waals surface area contributed by atoms with Gasteiger partial charge in [-0.1, -0.05) is 12.1 Å². The van der Waals surface area contributed by atoms with Crippen molar-refractivity contribution in [1.29, 1.82) is 0 Å². The molecular formula is C16H23ClN2O2. The summed E-state index contributed by atoms with van der Waals surface area (Å²) in [4.78, 5) is 14.2. The number of amides is 1. The minimum absolute atomic E-state index is 0. The summed E-state index contributed by atoms with van der Waals surface area (Å²) in [6.45, 7) is 1.59. The zero-order chi connectivity index (χ0) is 14.1. The molecule has 2 fully saturated rings. The third kappa shape index (κ3) is 3.69. The van der Waals surface area contributed by atoms with Gasteiger partial charge < -0.3 is 15.4 Å². The number of piperidine rings is 1. The lowest BCUT2D eigenvalue weighted by Crippen LogP contribution is -2.50. The Morgan fingerprint density at radius 3 is 2.52 bits per heavy atom. The highest BCUT2D eigenvalue weighted by Crippen LogP contribution is 2.34. The fraction of sp³-hybridized carbons (Fsp3) is 0.562. The third-order valence-electron chi connectivity index (χ3n) is 4.41. The highest BCUT2D eigenvalue weighted by Gasteiger charge is 2.35. The maximum Gasteiger partial charge on any atom is 0.223 e. The highest BCUT2D eigenvalue weighted by atomic mass is 35.5. The second-order valence-corrected chi connectivity index (χ2v) is 5.99. The predicted octanol–water partition coefficient (Wildman–Crippen LogP) is 2.17. The van der Waals surface area contributed by atoms with Gasteiger partial charge in [0.2, 0.25) is 5.91 Å². The molecule has 0 unspecified atom stereocenters. The zero-order valence-electron chi connectivity index (χ0n) is 12.3. The summed E-state index contributed by atoms with van der Waals surface area (Å²) >= 11 is 0. The number of rotatable bonds is 4. The van der Waals surface area contributed by atoms with Crippen LogP contribution in [0.15, 0.2) is 24.3 Å². The number of methoxy groups -OCH3 is 1. The minimum Gasteiger partial charge on any atom is -0.497 e. The van der Waals surface area contributed by atoms with Gasteiger partial charge in [-0.2, -0.15) is 0 Å². The van der Waals surface area contributed by atoms with Crippen LogP contribution in [-0.2, 0) is 4.79 Å². The first-order valence-corrected chi connectivity index (χ1v) is 7.34. The molecule has 1 saturated carbocycles. The molecule has 21 heavy (non-hydrogen) atoms. The summed E-state index contributed by atoms with van der Waals surface area (Å²) in [7, 11) is 1.65. The summed E-state index contributed by atoms with van der Waals surface area (Å²) < 4.78 is 5.17. The molecule has 1 heterocycles. The molecule has 116 valence electrons. The van der Waals surface area contributed by atoms with Crippen LogP contribution in [-0.4, -0.2) is 37.0 Å². The number of hydrogen-bond donors (Lipinski definition) is 1. The summed E-state index contributed by atoms with van der Waals surface area (Å²) in [6.07, 6.45) is 3.06. The molecule has 0 bridgehead atoms. The van der Waals surface area contributed by atoms with Crippen molar-refractivity contribution < 1.29 is 9.53 Å². The van der Waals surface area contributed by atoms with Gasteiger partial charge in [0.1, 0.15) is 5.75 Å². The van der Waals surface area contributed by atoms with Crippen LogP contribution in [0.3, 0.4) is 0 Å². The number of halogens is 1. The van der Waals surface area contributed by atoms with E-state index in [1.165, 1.54) is 12.8 Å². The third-order valence-corrected chi connectivity index (χ3v) is 4.41. The van der Waals surface area contributed by atoms with E-state index in [1.807, 2.05) is 29.2 Å². The van der Waals surface area contributed by atoms with Gasteiger partial charge in [-0.25, -0.2) is 0 Å². The van der Waals surface area contributed by atoms with Crippen molar-refractivity contribution >= 4 is 18.3 Å². The van der Waals surface area contributed by atoms with E-state index in [0.717, 1.165) is 23.8 Å². The Hall–Kier alpha value is -1.26. The SMILES string of the molecule is COc1ccc([C@@H]2CC(=O)N(CC3CC3)C[C@H]2N)cc1.Cl. The van der Waals surface area contributed by atoms with E-state index in [1.54, 1.807) is 7.11 Å². The summed E-state index contributed by atoms with van der Waals surface area (Å²) in [5.41, 5.74) is 7.44. The maximum absolute atomic E-state index is 12.3. The number of hydrogen-bond acceptors (Lipinski definition) is 3. The normalized spacial score (nSPS) is 25.4.